The highest BCUT2D eigenvalue weighted by Gasteiger charge is 2.21. The Morgan fingerprint density at radius 2 is 2.00 bits per heavy atom. The maximum absolute atomic E-state index is 12.9. The molecule has 0 unspecified atom stereocenters. The number of H-pyrrole nitrogens is 1. The number of aromatic amines is 1. The molecule has 3 heteroatoms. The molecule has 3 rings (SSSR count). The number of fused-ring (bicyclic) bond motifs is 1. The van der Waals surface area contributed by atoms with Gasteiger partial charge in [0.1, 0.15) is 6.54 Å². The summed E-state index contributed by atoms with van der Waals surface area (Å²) in [6.07, 6.45) is 3.50. The summed E-state index contributed by atoms with van der Waals surface area (Å²) >= 11 is 0. The molecule has 3 nitrogen and oxygen atoms in total. The average Bonchev–Trinajstić information content (AvgIpc) is 2.53. The smallest absolute Gasteiger partial charge is 0.198 e. The van der Waals surface area contributed by atoms with Gasteiger partial charge in [0, 0.05) is 11.1 Å². The van der Waals surface area contributed by atoms with Gasteiger partial charge in [-0.25, -0.2) is 0 Å². The van der Waals surface area contributed by atoms with E-state index < -0.39 is 0 Å². The number of likely N-dealkylation sites (tertiary alicyclic amines) is 1. The first-order valence-corrected chi connectivity index (χ1v) is 8.57. The molecule has 0 bridgehead atoms. The zero-order chi connectivity index (χ0) is 15.7. The molecule has 22 heavy (non-hydrogen) atoms. The van der Waals surface area contributed by atoms with Crippen molar-refractivity contribution in [3.8, 4) is 0 Å². The Hall–Kier alpha value is -1.61. The Morgan fingerprint density at radius 1 is 1.27 bits per heavy atom. The van der Waals surface area contributed by atoms with Crippen LogP contribution in [-0.4, -0.2) is 18.1 Å². The van der Waals surface area contributed by atoms with Gasteiger partial charge < -0.3 is 9.88 Å². The molecule has 1 aromatic heterocycles. The van der Waals surface area contributed by atoms with E-state index >= 15 is 0 Å². The van der Waals surface area contributed by atoms with E-state index in [4.69, 9.17) is 0 Å². The minimum absolute atomic E-state index is 0.229. The molecular formula is C19H27N2O+. The van der Waals surface area contributed by atoms with Crippen molar-refractivity contribution >= 4 is 10.9 Å². The van der Waals surface area contributed by atoms with Gasteiger partial charge in [-0.2, -0.15) is 0 Å². The van der Waals surface area contributed by atoms with Crippen LogP contribution in [0.1, 0.15) is 43.5 Å². The molecule has 2 N–H and O–H groups in total. The number of nitrogens with one attached hydrogen (secondary N) is 2. The summed E-state index contributed by atoms with van der Waals surface area (Å²) < 4.78 is 0. The highest BCUT2D eigenvalue weighted by Crippen LogP contribution is 2.16. The van der Waals surface area contributed by atoms with E-state index in [9.17, 15) is 4.79 Å². The predicted molar refractivity (Wildman–Crippen MR) is 91.5 cm³/mol. The molecule has 1 aromatic carbocycles. The lowest BCUT2D eigenvalue weighted by atomic mass is 9.98. The standard InChI is InChI=1S/C19H26N2O/c1-4-15-6-5-7-16-18(15)20-14(3)17(19(16)22)12-21-10-8-13(2)9-11-21/h5-7,13H,4,8-12H2,1-3H3,(H,20,22)/p+1. The fraction of sp³-hybridized carbons (Fsp3) is 0.526. The number of aryl methyl sites for hydroxylation is 2. The molecule has 0 spiro atoms. The van der Waals surface area contributed by atoms with Crippen molar-refractivity contribution in [2.75, 3.05) is 13.1 Å². The normalized spacial score (nSPS) is 22.1. The Kier molecular flexibility index (Phi) is 4.34. The van der Waals surface area contributed by atoms with Gasteiger partial charge in [-0.1, -0.05) is 26.0 Å². The summed E-state index contributed by atoms with van der Waals surface area (Å²) in [7, 11) is 0. The van der Waals surface area contributed by atoms with Crippen molar-refractivity contribution in [2.45, 2.75) is 46.6 Å². The average molecular weight is 299 g/mol. The van der Waals surface area contributed by atoms with Crippen LogP contribution in [0, 0.1) is 12.8 Å². The van der Waals surface area contributed by atoms with Gasteiger partial charge >= 0.3 is 0 Å². The summed E-state index contributed by atoms with van der Waals surface area (Å²) in [5.41, 5.74) is 4.50. The van der Waals surface area contributed by atoms with Crippen LogP contribution in [0.25, 0.3) is 10.9 Å². The molecule has 1 fully saturated rings. The second-order valence-electron chi connectivity index (χ2n) is 6.86. The van der Waals surface area contributed by atoms with Crippen LogP contribution in [0.4, 0.5) is 0 Å². The lowest BCUT2D eigenvalue weighted by Gasteiger charge is -2.27. The number of para-hydroxylation sites is 1. The third-order valence-electron chi connectivity index (χ3n) is 5.22. The maximum Gasteiger partial charge on any atom is 0.198 e. The van der Waals surface area contributed by atoms with E-state index in [0.29, 0.717) is 0 Å². The number of hydrogen-bond acceptors (Lipinski definition) is 1. The Labute approximate surface area is 132 Å². The van der Waals surface area contributed by atoms with E-state index in [1.165, 1.54) is 31.5 Å². The first-order valence-electron chi connectivity index (χ1n) is 8.57. The third kappa shape index (κ3) is 2.82. The predicted octanol–water partition coefficient (Wildman–Crippen LogP) is 2.21. The molecule has 118 valence electrons. The molecule has 2 heterocycles. The van der Waals surface area contributed by atoms with Crippen LogP contribution in [0.2, 0.25) is 0 Å². The fourth-order valence-electron chi connectivity index (χ4n) is 3.64. The summed E-state index contributed by atoms with van der Waals surface area (Å²) in [6, 6.07) is 6.07. The molecule has 1 aliphatic heterocycles. The quantitative estimate of drug-likeness (QED) is 0.896. The maximum atomic E-state index is 12.9. The van der Waals surface area contributed by atoms with Crippen LogP contribution < -0.4 is 10.3 Å². The Balaban J connectivity index is 1.98. The summed E-state index contributed by atoms with van der Waals surface area (Å²) in [6.45, 7) is 9.75. The van der Waals surface area contributed by atoms with Gasteiger partial charge in [0.15, 0.2) is 5.43 Å². The van der Waals surface area contributed by atoms with Crippen molar-refractivity contribution in [1.29, 1.82) is 0 Å². The van der Waals surface area contributed by atoms with Gasteiger partial charge in [0.2, 0.25) is 0 Å². The minimum atomic E-state index is 0.229. The second kappa shape index (κ2) is 6.25. The van der Waals surface area contributed by atoms with Crippen molar-refractivity contribution in [2.24, 2.45) is 5.92 Å². The summed E-state index contributed by atoms with van der Waals surface area (Å²) in [4.78, 5) is 18.0. The van der Waals surface area contributed by atoms with Crippen LogP contribution in [0.15, 0.2) is 23.0 Å². The zero-order valence-electron chi connectivity index (χ0n) is 14.0. The molecule has 1 aliphatic rings. The molecule has 0 atom stereocenters. The van der Waals surface area contributed by atoms with Crippen LogP contribution in [-0.2, 0) is 13.0 Å². The van der Waals surface area contributed by atoms with Crippen molar-refractivity contribution in [3.63, 3.8) is 0 Å². The number of rotatable bonds is 3. The lowest BCUT2D eigenvalue weighted by Crippen LogP contribution is -3.12. The summed E-state index contributed by atoms with van der Waals surface area (Å²) in [5, 5.41) is 0.852. The van der Waals surface area contributed by atoms with Gasteiger partial charge in [0.05, 0.1) is 24.2 Å². The van der Waals surface area contributed by atoms with Crippen molar-refractivity contribution in [1.82, 2.24) is 4.98 Å². The summed E-state index contributed by atoms with van der Waals surface area (Å²) in [5.74, 6) is 0.840. The molecule has 2 aromatic rings. The molecule has 0 radical (unpaired) electrons. The number of aromatic nitrogens is 1. The van der Waals surface area contributed by atoms with Gasteiger partial charge in [-0.3, -0.25) is 4.79 Å². The van der Waals surface area contributed by atoms with E-state index in [1.54, 1.807) is 4.90 Å². The molecule has 0 saturated carbocycles. The first-order chi connectivity index (χ1) is 10.6. The number of pyridine rings is 1. The van der Waals surface area contributed by atoms with Gasteiger partial charge in [0.25, 0.3) is 0 Å². The van der Waals surface area contributed by atoms with E-state index in [1.807, 2.05) is 12.1 Å². The SMILES string of the molecule is CCc1cccc2c(=O)c(C[NH+]3CCC(C)CC3)c(C)[nH]c12. The zero-order valence-corrected chi connectivity index (χ0v) is 14.0. The van der Waals surface area contributed by atoms with Crippen molar-refractivity contribution < 1.29 is 4.90 Å². The third-order valence-corrected chi connectivity index (χ3v) is 5.22. The molecule has 0 aliphatic carbocycles. The van der Waals surface area contributed by atoms with E-state index in [2.05, 4.69) is 31.8 Å². The number of benzene rings is 1. The Bertz CT molecular complexity index is 724. The number of piperidine rings is 1. The molecular weight excluding hydrogens is 272 g/mol. The molecule has 0 amide bonds. The first kappa shape index (κ1) is 15.3. The number of quaternary nitrogens is 1. The highest BCUT2D eigenvalue weighted by molar-refractivity contribution is 5.82. The van der Waals surface area contributed by atoms with Crippen LogP contribution in [0.3, 0.4) is 0 Å². The minimum Gasteiger partial charge on any atom is -0.358 e. The lowest BCUT2D eigenvalue weighted by molar-refractivity contribution is -0.919. The van der Waals surface area contributed by atoms with Gasteiger partial charge in [-0.05, 0) is 43.7 Å². The van der Waals surface area contributed by atoms with E-state index in [0.717, 1.165) is 41.0 Å². The van der Waals surface area contributed by atoms with Crippen molar-refractivity contribution in [3.05, 3.63) is 45.2 Å². The fourth-order valence-corrected chi connectivity index (χ4v) is 3.64. The van der Waals surface area contributed by atoms with E-state index in [-0.39, 0.29) is 5.43 Å². The van der Waals surface area contributed by atoms with Crippen LogP contribution in [0.5, 0.6) is 0 Å². The van der Waals surface area contributed by atoms with Crippen LogP contribution >= 0.6 is 0 Å². The Morgan fingerprint density at radius 3 is 2.68 bits per heavy atom. The second-order valence-corrected chi connectivity index (χ2v) is 6.86. The monoisotopic (exact) mass is 299 g/mol. The largest absolute Gasteiger partial charge is 0.358 e. The highest BCUT2D eigenvalue weighted by atomic mass is 16.1. The van der Waals surface area contributed by atoms with Gasteiger partial charge in [-0.15, -0.1) is 0 Å². The number of hydrogen-bond donors (Lipinski definition) is 2. The topological polar surface area (TPSA) is 37.3 Å². The molecule has 1 saturated heterocycles.